The standard InChI is InChI=1S/C10H4F6N2O4/c11-9(12,13)4-1-2-5(10(14,15)16)6(3-4)18-17-21-7(19)8(20)22-18/h1-3,17H. The topological polar surface area (TPSA) is 67.9 Å². The van der Waals surface area contributed by atoms with Crippen LogP contribution in [0, 0.1) is 0 Å². The number of rotatable bonds is 1. The summed E-state index contributed by atoms with van der Waals surface area (Å²) in [7, 11) is 0. The summed E-state index contributed by atoms with van der Waals surface area (Å²) in [6.07, 6.45) is -9.98. The van der Waals surface area contributed by atoms with Crippen molar-refractivity contribution in [3.05, 3.63) is 29.3 Å². The highest BCUT2D eigenvalue weighted by atomic mass is 19.4. The molecule has 22 heavy (non-hydrogen) atoms. The molecule has 0 spiro atoms. The summed E-state index contributed by atoms with van der Waals surface area (Å²) in [6, 6.07) is 0.455. The van der Waals surface area contributed by atoms with Crippen LogP contribution in [0.25, 0.3) is 0 Å². The van der Waals surface area contributed by atoms with E-state index in [0.29, 0.717) is 0 Å². The smallest absolute Gasteiger partial charge is 0.338 e. The van der Waals surface area contributed by atoms with Crippen molar-refractivity contribution in [3.63, 3.8) is 0 Å². The molecule has 0 amide bonds. The first kappa shape index (κ1) is 15.9. The summed E-state index contributed by atoms with van der Waals surface area (Å²) in [5.74, 6) is -3.28. The van der Waals surface area contributed by atoms with Crippen molar-refractivity contribution < 1.29 is 45.6 Å². The Morgan fingerprint density at radius 3 is 2.09 bits per heavy atom. The number of anilines is 1. The Kier molecular flexibility index (Phi) is 3.64. The number of alkyl halides is 6. The first-order valence-corrected chi connectivity index (χ1v) is 5.27. The number of hydrazine groups is 1. The fourth-order valence-electron chi connectivity index (χ4n) is 1.48. The lowest BCUT2D eigenvalue weighted by atomic mass is 10.1. The van der Waals surface area contributed by atoms with Gasteiger partial charge in [-0.3, -0.25) is 0 Å². The molecule has 2 rings (SSSR count). The highest BCUT2D eigenvalue weighted by Crippen LogP contribution is 2.40. The van der Waals surface area contributed by atoms with Crippen LogP contribution >= 0.6 is 0 Å². The molecule has 1 N–H and O–H groups in total. The van der Waals surface area contributed by atoms with Crippen LogP contribution in [0.15, 0.2) is 18.2 Å². The zero-order chi connectivity index (χ0) is 16.7. The first-order chi connectivity index (χ1) is 10.00. The van der Waals surface area contributed by atoms with Gasteiger partial charge < -0.3 is 9.68 Å². The van der Waals surface area contributed by atoms with Gasteiger partial charge in [-0.15, -0.1) is 5.17 Å². The van der Waals surface area contributed by atoms with E-state index in [0.717, 1.165) is 0 Å². The third-order valence-electron chi connectivity index (χ3n) is 2.41. The predicted molar refractivity (Wildman–Crippen MR) is 54.2 cm³/mol. The van der Waals surface area contributed by atoms with Crippen molar-refractivity contribution in [2.75, 3.05) is 5.17 Å². The van der Waals surface area contributed by atoms with Gasteiger partial charge in [0.2, 0.25) is 0 Å². The number of hydrogen-bond acceptors (Lipinski definition) is 6. The van der Waals surface area contributed by atoms with Crippen LogP contribution in [-0.4, -0.2) is 11.9 Å². The maximum Gasteiger partial charge on any atom is 0.444 e. The zero-order valence-electron chi connectivity index (χ0n) is 10.1. The summed E-state index contributed by atoms with van der Waals surface area (Å²) in [5, 5.41) is -0.123. The lowest BCUT2D eigenvalue weighted by Crippen LogP contribution is -2.50. The maximum atomic E-state index is 12.8. The molecule has 1 aliphatic rings. The van der Waals surface area contributed by atoms with Crippen LogP contribution in [0.2, 0.25) is 0 Å². The quantitative estimate of drug-likeness (QED) is 0.627. The molecule has 1 aliphatic heterocycles. The van der Waals surface area contributed by atoms with Crippen molar-refractivity contribution in [3.8, 4) is 0 Å². The van der Waals surface area contributed by atoms with E-state index in [1.54, 1.807) is 0 Å². The van der Waals surface area contributed by atoms with Gasteiger partial charge in [-0.05, 0) is 23.8 Å². The van der Waals surface area contributed by atoms with Gasteiger partial charge in [0.15, 0.2) is 0 Å². The van der Waals surface area contributed by atoms with Gasteiger partial charge in [-0.25, -0.2) is 9.59 Å². The molecule has 0 aromatic heterocycles. The van der Waals surface area contributed by atoms with Gasteiger partial charge in [0.1, 0.15) is 5.69 Å². The SMILES string of the molecule is O=C1ONN(c2cc(C(F)(F)F)ccc2C(F)(F)F)OC1=O. The van der Waals surface area contributed by atoms with Crippen LogP contribution in [0.3, 0.4) is 0 Å². The Labute approximate surface area is 117 Å². The molecule has 0 atom stereocenters. The molecule has 1 saturated heterocycles. The van der Waals surface area contributed by atoms with Crippen LogP contribution in [0.4, 0.5) is 32.0 Å². The third kappa shape index (κ3) is 3.05. The number of nitrogens with one attached hydrogen (secondary N) is 1. The first-order valence-electron chi connectivity index (χ1n) is 5.27. The second-order valence-corrected chi connectivity index (χ2v) is 3.88. The van der Waals surface area contributed by atoms with Gasteiger partial charge >= 0.3 is 24.3 Å². The largest absolute Gasteiger partial charge is 0.444 e. The number of halogens is 6. The van der Waals surface area contributed by atoms with Gasteiger partial charge in [0.05, 0.1) is 11.1 Å². The molecular weight excluding hydrogens is 326 g/mol. The molecule has 6 nitrogen and oxygen atoms in total. The number of benzene rings is 1. The van der Waals surface area contributed by atoms with E-state index in [1.165, 1.54) is 5.59 Å². The van der Waals surface area contributed by atoms with E-state index >= 15 is 0 Å². The highest BCUT2D eigenvalue weighted by molar-refractivity contribution is 6.30. The molecule has 0 radical (unpaired) electrons. The summed E-state index contributed by atoms with van der Waals surface area (Å²) >= 11 is 0. The second-order valence-electron chi connectivity index (χ2n) is 3.88. The maximum absolute atomic E-state index is 12.8. The average Bonchev–Trinajstić information content (AvgIpc) is 2.39. The molecule has 1 heterocycles. The number of hydrogen-bond donors (Lipinski definition) is 1. The van der Waals surface area contributed by atoms with E-state index in [4.69, 9.17) is 0 Å². The Balaban J connectivity index is 2.50. The Hall–Kier alpha value is -2.50. The van der Waals surface area contributed by atoms with Gasteiger partial charge in [0.25, 0.3) is 0 Å². The highest BCUT2D eigenvalue weighted by Gasteiger charge is 2.41. The normalized spacial score (nSPS) is 16.4. The molecule has 12 heteroatoms. The lowest BCUT2D eigenvalue weighted by Gasteiger charge is -2.28. The number of nitrogens with zero attached hydrogens (tertiary/aromatic N) is 1. The van der Waals surface area contributed by atoms with Gasteiger partial charge in [-0.2, -0.15) is 26.3 Å². The fraction of sp³-hybridized carbons (Fsp3) is 0.200. The van der Waals surface area contributed by atoms with E-state index in [1.807, 2.05) is 0 Å². The molecule has 1 aromatic carbocycles. The predicted octanol–water partition coefficient (Wildman–Crippen LogP) is 1.97. The minimum absolute atomic E-state index is 0.0856. The summed E-state index contributed by atoms with van der Waals surface area (Å²) in [6.45, 7) is 0. The van der Waals surface area contributed by atoms with Gasteiger partial charge in [-0.1, -0.05) is 0 Å². The van der Waals surface area contributed by atoms with E-state index in [9.17, 15) is 35.9 Å². The van der Waals surface area contributed by atoms with Crippen molar-refractivity contribution in [1.82, 2.24) is 5.59 Å². The van der Waals surface area contributed by atoms with Crippen LogP contribution in [0.1, 0.15) is 11.1 Å². The van der Waals surface area contributed by atoms with E-state index in [2.05, 4.69) is 9.68 Å². The van der Waals surface area contributed by atoms with Crippen molar-refractivity contribution in [2.24, 2.45) is 0 Å². The monoisotopic (exact) mass is 330 g/mol. The van der Waals surface area contributed by atoms with Crippen LogP contribution in [0.5, 0.6) is 0 Å². The van der Waals surface area contributed by atoms with Gasteiger partial charge in [0, 0.05) is 0 Å². The van der Waals surface area contributed by atoms with E-state index < -0.39 is 41.1 Å². The molecule has 0 bridgehead atoms. The zero-order valence-corrected chi connectivity index (χ0v) is 10.1. The van der Waals surface area contributed by atoms with Crippen molar-refractivity contribution >= 4 is 17.6 Å². The molecule has 120 valence electrons. The summed E-state index contributed by atoms with van der Waals surface area (Å²) in [4.78, 5) is 29.7. The third-order valence-corrected chi connectivity index (χ3v) is 2.41. The van der Waals surface area contributed by atoms with Crippen molar-refractivity contribution in [1.29, 1.82) is 0 Å². The van der Waals surface area contributed by atoms with Crippen LogP contribution < -0.4 is 10.8 Å². The molecule has 1 aromatic rings. The molecule has 0 saturated carbocycles. The number of carbonyl (C=O) groups is 2. The summed E-state index contributed by atoms with van der Waals surface area (Å²) < 4.78 is 76.2. The minimum atomic E-state index is -5.05. The Bertz CT molecular complexity index is 627. The second kappa shape index (κ2) is 5.05. The summed E-state index contributed by atoms with van der Waals surface area (Å²) in [5.41, 5.74) is -2.69. The molecule has 0 aliphatic carbocycles. The van der Waals surface area contributed by atoms with Crippen molar-refractivity contribution in [2.45, 2.75) is 12.4 Å². The van der Waals surface area contributed by atoms with E-state index in [-0.39, 0.29) is 23.4 Å². The fourth-order valence-corrected chi connectivity index (χ4v) is 1.48. The average molecular weight is 330 g/mol. The molecule has 1 fully saturated rings. The van der Waals surface area contributed by atoms with Crippen LogP contribution in [-0.2, 0) is 31.6 Å². The molecule has 0 unspecified atom stereocenters. The number of carbonyl (C=O) groups excluding carboxylic acids is 2. The molecular formula is C10H4F6N2O4. The minimum Gasteiger partial charge on any atom is -0.338 e. The lowest BCUT2D eigenvalue weighted by molar-refractivity contribution is -0.192. The Morgan fingerprint density at radius 1 is 0.955 bits per heavy atom. The Morgan fingerprint density at radius 2 is 1.59 bits per heavy atom.